The van der Waals surface area contributed by atoms with E-state index in [0.717, 1.165) is 6.07 Å². The van der Waals surface area contributed by atoms with E-state index >= 15 is 0 Å². The molecule has 0 radical (unpaired) electrons. The highest BCUT2D eigenvalue weighted by Gasteiger charge is 2.45. The molecule has 1 aromatic rings. The number of carbonyl (C=O) groups excluding carboxylic acids is 3. The first-order valence-corrected chi connectivity index (χ1v) is 20.9. The number of esters is 1. The van der Waals surface area contributed by atoms with Crippen LogP contribution in [0.15, 0.2) is 29.2 Å². The number of benzene rings is 1. The standard InChI is InChI=1S/C33H59N5O10SSi/c1-13-20-37(49(44,45)27-19-15-14-18-26(27)38(42)43)21-16-17-25(22-28(39)35-36(11)23-29(40)46-31(2,3)4)48-50(12,33(8,9)10)24-34-30(41)47-32(5,6)7/h14-15,18-19,25H,13,16-17,20-24H2,1-12H3,(H,34,41)(H,35,39)/t25-,50?/m1/s1. The van der Waals surface area contributed by atoms with Gasteiger partial charge in [-0.1, -0.05) is 39.8 Å². The van der Waals surface area contributed by atoms with Gasteiger partial charge < -0.3 is 19.2 Å². The number of likely N-dealkylation sites (N-methyl/N-ethyl adjacent to an activating group) is 1. The van der Waals surface area contributed by atoms with Gasteiger partial charge in [0.1, 0.15) is 17.7 Å². The zero-order valence-corrected chi connectivity index (χ0v) is 33.7. The molecule has 2 N–H and O–H groups in total. The van der Waals surface area contributed by atoms with E-state index in [9.17, 15) is 32.9 Å². The van der Waals surface area contributed by atoms with Gasteiger partial charge in [0.25, 0.3) is 5.69 Å². The van der Waals surface area contributed by atoms with Gasteiger partial charge in [0.15, 0.2) is 4.90 Å². The fraction of sp³-hybridized carbons (Fsp3) is 0.727. The van der Waals surface area contributed by atoms with Crippen molar-refractivity contribution in [1.29, 1.82) is 0 Å². The third-order valence-corrected chi connectivity index (χ3v) is 14.4. The minimum Gasteiger partial charge on any atom is -0.459 e. The molecular formula is C33H59N5O10SSi. The molecule has 0 bridgehead atoms. The second-order valence-corrected chi connectivity index (χ2v) is 22.0. The van der Waals surface area contributed by atoms with Crippen LogP contribution in [0.5, 0.6) is 0 Å². The van der Waals surface area contributed by atoms with Gasteiger partial charge in [-0.2, -0.15) is 4.31 Å². The molecule has 15 nitrogen and oxygen atoms in total. The Morgan fingerprint density at radius 2 is 1.56 bits per heavy atom. The zero-order valence-electron chi connectivity index (χ0n) is 31.9. The maximum absolute atomic E-state index is 13.6. The molecule has 50 heavy (non-hydrogen) atoms. The lowest BCUT2D eigenvalue weighted by Gasteiger charge is -2.42. The number of nitro benzene ring substituents is 1. The van der Waals surface area contributed by atoms with E-state index < -0.39 is 69.3 Å². The Balaban J connectivity index is 3.31. The summed E-state index contributed by atoms with van der Waals surface area (Å²) in [6.07, 6.45) is -0.279. The van der Waals surface area contributed by atoms with Gasteiger partial charge in [0.2, 0.25) is 24.2 Å². The monoisotopic (exact) mass is 745 g/mol. The normalized spacial score (nSPS) is 14.5. The van der Waals surface area contributed by atoms with Crippen LogP contribution in [0, 0.1) is 10.1 Å². The van der Waals surface area contributed by atoms with Crippen molar-refractivity contribution in [2.45, 2.75) is 129 Å². The molecule has 1 unspecified atom stereocenters. The zero-order chi connectivity index (χ0) is 38.7. The third kappa shape index (κ3) is 15.4. The summed E-state index contributed by atoms with van der Waals surface area (Å²) in [7, 11) is -5.59. The van der Waals surface area contributed by atoms with Crippen LogP contribution in [0.4, 0.5) is 10.5 Å². The molecule has 0 aromatic heterocycles. The minimum atomic E-state index is -4.22. The number of ether oxygens (including phenoxy) is 2. The largest absolute Gasteiger partial charge is 0.459 e. The summed E-state index contributed by atoms with van der Waals surface area (Å²) in [4.78, 5) is 48.7. The van der Waals surface area contributed by atoms with E-state index in [1.165, 1.54) is 34.6 Å². The second kappa shape index (κ2) is 18.4. The van der Waals surface area contributed by atoms with E-state index in [-0.39, 0.29) is 50.0 Å². The number of amides is 2. The highest BCUT2D eigenvalue weighted by Crippen LogP contribution is 2.38. The fourth-order valence-corrected chi connectivity index (χ4v) is 8.86. The second-order valence-electron chi connectivity index (χ2n) is 15.5. The Hall–Kier alpha value is -3.12. The first-order chi connectivity index (χ1) is 22.7. The molecule has 0 saturated carbocycles. The van der Waals surface area contributed by atoms with Gasteiger partial charge in [-0.15, -0.1) is 0 Å². The van der Waals surface area contributed by atoms with Crippen molar-refractivity contribution in [3.05, 3.63) is 34.4 Å². The molecule has 1 rings (SSSR count). The SMILES string of the molecule is CCCN(CCC[C@H](CC(=O)NN(C)CC(=O)OC(C)(C)C)O[Si](C)(CNC(=O)OC(C)(C)C)C(C)(C)C)S(=O)(=O)c1ccccc1[N+](=O)[O-]. The summed E-state index contributed by atoms with van der Waals surface area (Å²) in [5, 5.41) is 15.4. The first-order valence-electron chi connectivity index (χ1n) is 16.8. The molecule has 286 valence electrons. The van der Waals surface area contributed by atoms with E-state index in [1.54, 1.807) is 41.5 Å². The van der Waals surface area contributed by atoms with Crippen molar-refractivity contribution in [2.75, 3.05) is 32.8 Å². The van der Waals surface area contributed by atoms with Crippen LogP contribution in [-0.2, 0) is 33.5 Å². The van der Waals surface area contributed by atoms with Crippen LogP contribution >= 0.6 is 0 Å². The molecule has 0 heterocycles. The average Bonchev–Trinajstić information content (AvgIpc) is 2.92. The Kier molecular flexibility index (Phi) is 16.5. The van der Waals surface area contributed by atoms with Crippen molar-refractivity contribution in [2.24, 2.45) is 0 Å². The van der Waals surface area contributed by atoms with E-state index in [0.29, 0.717) is 6.42 Å². The smallest absolute Gasteiger partial charge is 0.407 e. The predicted octanol–water partition coefficient (Wildman–Crippen LogP) is 5.30. The van der Waals surface area contributed by atoms with Gasteiger partial charge >= 0.3 is 12.1 Å². The quantitative estimate of drug-likeness (QED) is 0.0860. The Labute approximate surface area is 299 Å². The Morgan fingerprint density at radius 3 is 2.08 bits per heavy atom. The molecule has 0 spiro atoms. The fourth-order valence-electron chi connectivity index (χ4n) is 4.74. The number of hydrogen-bond donors (Lipinski definition) is 2. The molecule has 0 aliphatic heterocycles. The number of hydrogen-bond acceptors (Lipinski definition) is 11. The van der Waals surface area contributed by atoms with Crippen LogP contribution in [0.1, 0.15) is 94.9 Å². The number of carbonyl (C=O) groups is 3. The minimum absolute atomic E-state index is 0.0200. The van der Waals surface area contributed by atoms with Gasteiger partial charge in [-0.05, 0) is 78.5 Å². The summed E-state index contributed by atoms with van der Waals surface area (Å²) >= 11 is 0. The van der Waals surface area contributed by atoms with Gasteiger partial charge in [0, 0.05) is 32.4 Å². The molecule has 2 amide bonds. The number of para-hydroxylation sites is 1. The molecule has 1 aromatic carbocycles. The topological polar surface area (TPSA) is 187 Å². The summed E-state index contributed by atoms with van der Waals surface area (Å²) in [6, 6.07) is 5.23. The van der Waals surface area contributed by atoms with Crippen LogP contribution in [0.3, 0.4) is 0 Å². The van der Waals surface area contributed by atoms with Crippen molar-refractivity contribution in [3.8, 4) is 0 Å². The molecule has 0 saturated heterocycles. The maximum Gasteiger partial charge on any atom is 0.407 e. The number of nitro groups is 1. The molecule has 0 fully saturated rings. The number of hydrazine groups is 1. The predicted molar refractivity (Wildman–Crippen MR) is 193 cm³/mol. The number of alkyl carbamates (subject to hydrolysis) is 1. The van der Waals surface area contributed by atoms with Crippen molar-refractivity contribution >= 4 is 42.0 Å². The van der Waals surface area contributed by atoms with Gasteiger partial charge in [0.05, 0.1) is 17.4 Å². The van der Waals surface area contributed by atoms with Crippen LogP contribution in [0.25, 0.3) is 0 Å². The lowest BCUT2D eigenvalue weighted by Crippen LogP contribution is -2.56. The molecule has 17 heteroatoms. The average molecular weight is 746 g/mol. The van der Waals surface area contributed by atoms with E-state index in [4.69, 9.17) is 13.9 Å². The van der Waals surface area contributed by atoms with Crippen molar-refractivity contribution in [1.82, 2.24) is 20.1 Å². The van der Waals surface area contributed by atoms with Crippen LogP contribution in [0.2, 0.25) is 11.6 Å². The number of rotatable bonds is 18. The van der Waals surface area contributed by atoms with Crippen LogP contribution < -0.4 is 10.7 Å². The molecule has 2 atom stereocenters. The Morgan fingerprint density at radius 1 is 0.980 bits per heavy atom. The van der Waals surface area contributed by atoms with Crippen LogP contribution in [-0.4, -0.2) is 99.1 Å². The number of nitrogens with one attached hydrogen (secondary N) is 2. The Bertz CT molecular complexity index is 1420. The van der Waals surface area contributed by atoms with Gasteiger partial charge in [-0.25, -0.2) is 18.2 Å². The van der Waals surface area contributed by atoms with Crippen molar-refractivity contribution < 1.29 is 41.6 Å². The highest BCUT2D eigenvalue weighted by atomic mass is 32.2. The first kappa shape index (κ1) is 44.9. The lowest BCUT2D eigenvalue weighted by molar-refractivity contribution is -0.387. The molecule has 0 aliphatic rings. The van der Waals surface area contributed by atoms with Crippen molar-refractivity contribution in [3.63, 3.8) is 0 Å². The molecular weight excluding hydrogens is 687 g/mol. The number of nitrogens with zero attached hydrogens (tertiary/aromatic N) is 3. The van der Waals surface area contributed by atoms with E-state index in [1.807, 2.05) is 34.2 Å². The van der Waals surface area contributed by atoms with E-state index in [2.05, 4.69) is 10.7 Å². The molecule has 0 aliphatic carbocycles. The summed E-state index contributed by atoms with van der Waals surface area (Å²) < 4.78 is 46.1. The summed E-state index contributed by atoms with van der Waals surface area (Å²) in [5.74, 6) is -0.964. The summed E-state index contributed by atoms with van der Waals surface area (Å²) in [5.41, 5.74) is 0.770. The lowest BCUT2D eigenvalue weighted by atomic mass is 10.1. The third-order valence-electron chi connectivity index (χ3n) is 7.58. The van der Waals surface area contributed by atoms with Gasteiger partial charge in [-0.3, -0.25) is 25.1 Å². The highest BCUT2D eigenvalue weighted by molar-refractivity contribution is 7.89. The maximum atomic E-state index is 13.6. The number of sulfonamides is 1. The summed E-state index contributed by atoms with van der Waals surface area (Å²) in [6.45, 7) is 20.2.